The Morgan fingerprint density at radius 1 is 0.938 bits per heavy atom. The van der Waals surface area contributed by atoms with Gasteiger partial charge in [0.15, 0.2) is 0 Å². The molecule has 0 aliphatic rings. The summed E-state index contributed by atoms with van der Waals surface area (Å²) in [4.78, 5) is 0. The molecule has 0 saturated carbocycles. The van der Waals surface area contributed by atoms with Crippen molar-refractivity contribution in [1.29, 1.82) is 0 Å². The first-order valence-corrected chi connectivity index (χ1v) is 6.51. The van der Waals surface area contributed by atoms with Gasteiger partial charge in [-0.05, 0) is 25.2 Å². The molecule has 0 aromatic rings. The highest BCUT2D eigenvalue weighted by atomic mass is 13.9. The van der Waals surface area contributed by atoms with Crippen LogP contribution in [0.1, 0.15) is 68.2 Å². The van der Waals surface area contributed by atoms with E-state index in [-0.39, 0.29) is 0 Å². The highest BCUT2D eigenvalue weighted by Crippen LogP contribution is 1.93. The lowest BCUT2D eigenvalue weighted by atomic mass is 10.2. The van der Waals surface area contributed by atoms with Crippen molar-refractivity contribution in [2.45, 2.75) is 68.2 Å². The Kier molecular flexibility index (Phi) is 45.1. The third kappa shape index (κ3) is 341. The summed E-state index contributed by atoms with van der Waals surface area (Å²) < 4.78 is 0. The molecule has 0 amide bonds. The van der Waals surface area contributed by atoms with Gasteiger partial charge in [-0.3, -0.25) is 0 Å². The molecular formula is C16H36. The first-order chi connectivity index (χ1) is 7.33. The molecule has 0 nitrogen and oxygen atoms in total. The summed E-state index contributed by atoms with van der Waals surface area (Å²) in [7, 11) is 0. The zero-order valence-corrected chi connectivity index (χ0v) is 13.1. The van der Waals surface area contributed by atoms with Crippen molar-refractivity contribution < 1.29 is 0 Å². The second-order valence-corrected chi connectivity index (χ2v) is 4.64. The van der Waals surface area contributed by atoms with Crippen molar-refractivity contribution in [3.05, 3.63) is 25.3 Å². The van der Waals surface area contributed by atoms with Crippen molar-refractivity contribution in [3.8, 4) is 0 Å². The van der Waals surface area contributed by atoms with Crippen molar-refractivity contribution in [2.75, 3.05) is 0 Å². The van der Waals surface area contributed by atoms with Crippen LogP contribution in [-0.4, -0.2) is 0 Å². The van der Waals surface area contributed by atoms with Crippen LogP contribution in [0.3, 0.4) is 0 Å². The molecule has 100 valence electrons. The summed E-state index contributed by atoms with van der Waals surface area (Å²) in [5, 5.41) is 0. The largest absolute Gasteiger partial charge is 0.103 e. The van der Waals surface area contributed by atoms with E-state index in [1.54, 1.807) is 6.08 Å². The Hall–Kier alpha value is -0.520. The second-order valence-electron chi connectivity index (χ2n) is 4.64. The number of hydrogen-bond acceptors (Lipinski definition) is 0. The molecule has 0 heterocycles. The first-order valence-electron chi connectivity index (χ1n) is 6.51. The Bertz CT molecular complexity index is 95.9. The summed E-state index contributed by atoms with van der Waals surface area (Å²) in [6, 6.07) is 0. The van der Waals surface area contributed by atoms with Crippen LogP contribution in [0.5, 0.6) is 0 Å². The fraction of sp³-hybridized carbons (Fsp3) is 0.750. The highest BCUT2D eigenvalue weighted by molar-refractivity contribution is 4.60. The molecule has 16 heavy (non-hydrogen) atoms. The molecule has 0 aromatic carbocycles. The lowest BCUT2D eigenvalue weighted by Crippen LogP contribution is -1.77. The fourth-order valence-corrected chi connectivity index (χ4v) is 0. The van der Waals surface area contributed by atoms with E-state index in [1.807, 2.05) is 13.0 Å². The van der Waals surface area contributed by atoms with Crippen LogP contribution in [0, 0.1) is 11.8 Å². The van der Waals surface area contributed by atoms with Crippen LogP contribution in [0.2, 0.25) is 0 Å². The van der Waals surface area contributed by atoms with Crippen LogP contribution >= 0.6 is 0 Å². The number of hydrogen-bond donors (Lipinski definition) is 0. The minimum absolute atomic E-state index is 0.833. The molecule has 0 radical (unpaired) electrons. The van der Waals surface area contributed by atoms with Crippen molar-refractivity contribution in [2.24, 2.45) is 11.8 Å². The van der Waals surface area contributed by atoms with E-state index in [0.29, 0.717) is 0 Å². The van der Waals surface area contributed by atoms with E-state index in [0.717, 1.165) is 18.3 Å². The highest BCUT2D eigenvalue weighted by Gasteiger charge is 1.80. The summed E-state index contributed by atoms with van der Waals surface area (Å²) in [6.07, 6.45) is 6.01. The van der Waals surface area contributed by atoms with Crippen molar-refractivity contribution in [3.63, 3.8) is 0 Å². The van der Waals surface area contributed by atoms with Gasteiger partial charge in [-0.25, -0.2) is 0 Å². The fourth-order valence-electron chi connectivity index (χ4n) is 0. The Balaban J connectivity index is -0.0000000610. The molecule has 0 rings (SSSR count). The zero-order valence-electron chi connectivity index (χ0n) is 13.1. The van der Waals surface area contributed by atoms with Gasteiger partial charge in [0.05, 0.1) is 0 Å². The van der Waals surface area contributed by atoms with E-state index in [9.17, 15) is 0 Å². The molecule has 0 saturated heterocycles. The smallest absolute Gasteiger partial charge is 0.0382 e. The van der Waals surface area contributed by atoms with Gasteiger partial charge in [-0.15, -0.1) is 13.2 Å². The van der Waals surface area contributed by atoms with E-state index in [4.69, 9.17) is 0 Å². The van der Waals surface area contributed by atoms with Crippen LogP contribution in [0.4, 0.5) is 0 Å². The minimum Gasteiger partial charge on any atom is -0.103 e. The molecule has 0 aromatic heterocycles. The molecule has 0 atom stereocenters. The van der Waals surface area contributed by atoms with Gasteiger partial charge in [0.2, 0.25) is 0 Å². The maximum absolute atomic E-state index is 3.48. The van der Waals surface area contributed by atoms with Crippen LogP contribution in [0.25, 0.3) is 0 Å². The number of rotatable bonds is 2. The molecule has 0 unspecified atom stereocenters. The van der Waals surface area contributed by atoms with Crippen LogP contribution < -0.4 is 0 Å². The van der Waals surface area contributed by atoms with Gasteiger partial charge >= 0.3 is 0 Å². The zero-order chi connectivity index (χ0) is 14.0. The molecular weight excluding hydrogens is 192 g/mol. The predicted octanol–water partition coefficient (Wildman–Crippen LogP) is 6.49. The normalized spacial score (nSPS) is 7.62. The molecule has 0 fully saturated rings. The van der Waals surface area contributed by atoms with Gasteiger partial charge in [-0.1, -0.05) is 67.0 Å². The van der Waals surface area contributed by atoms with Gasteiger partial charge < -0.3 is 0 Å². The third-order valence-electron chi connectivity index (χ3n) is 1.11. The van der Waals surface area contributed by atoms with Crippen molar-refractivity contribution in [1.82, 2.24) is 0 Å². The Morgan fingerprint density at radius 3 is 1.06 bits per heavy atom. The minimum atomic E-state index is 0.833. The van der Waals surface area contributed by atoms with Gasteiger partial charge in [0.1, 0.15) is 0 Å². The maximum Gasteiger partial charge on any atom is -0.0382 e. The summed E-state index contributed by atoms with van der Waals surface area (Å²) in [6.45, 7) is 23.9. The van der Waals surface area contributed by atoms with Crippen LogP contribution in [-0.2, 0) is 0 Å². The molecule has 0 aliphatic carbocycles. The Morgan fingerprint density at radius 2 is 1.06 bits per heavy atom. The topological polar surface area (TPSA) is 0 Å². The Labute approximate surface area is 106 Å². The van der Waals surface area contributed by atoms with E-state index >= 15 is 0 Å². The predicted molar refractivity (Wildman–Crippen MR) is 82.0 cm³/mol. The monoisotopic (exact) mass is 228 g/mol. The van der Waals surface area contributed by atoms with Gasteiger partial charge in [0, 0.05) is 0 Å². The standard InChI is InChI=1S/C5H12.C4H10.C4H8.C3H6/c1-4-5(2)3;1-4(2)3;1-3-4-2;1-3-2/h5H,4H2,1-3H3;4H,1-3H3;3H,1,4H2,2H3;3H,1H2,2H3. The molecule has 0 heteroatoms. The summed E-state index contributed by atoms with van der Waals surface area (Å²) in [5.74, 6) is 1.72. The SMILES string of the molecule is C=CC.C=CCC.CC(C)C.CCC(C)C. The van der Waals surface area contributed by atoms with E-state index < -0.39 is 0 Å². The molecule has 0 spiro atoms. The van der Waals surface area contributed by atoms with E-state index in [2.05, 4.69) is 61.6 Å². The third-order valence-corrected chi connectivity index (χ3v) is 1.11. The number of allylic oxidation sites excluding steroid dienone is 2. The maximum atomic E-state index is 3.48. The average molecular weight is 228 g/mol. The average Bonchev–Trinajstić information content (AvgIpc) is 2.18. The summed E-state index contributed by atoms with van der Waals surface area (Å²) in [5.41, 5.74) is 0. The van der Waals surface area contributed by atoms with E-state index in [1.165, 1.54) is 6.42 Å². The molecule has 0 N–H and O–H groups in total. The lowest BCUT2D eigenvalue weighted by molar-refractivity contribution is 0.626. The van der Waals surface area contributed by atoms with Gasteiger partial charge in [-0.2, -0.15) is 0 Å². The quantitative estimate of drug-likeness (QED) is 0.474. The first kappa shape index (κ1) is 24.6. The lowest BCUT2D eigenvalue weighted by Gasteiger charge is -1.90. The van der Waals surface area contributed by atoms with Crippen LogP contribution in [0.15, 0.2) is 25.3 Å². The second kappa shape index (κ2) is 29.3. The molecule has 0 bridgehead atoms. The van der Waals surface area contributed by atoms with Gasteiger partial charge in [0.25, 0.3) is 0 Å². The molecule has 0 aliphatic heterocycles. The summed E-state index contributed by atoms with van der Waals surface area (Å²) >= 11 is 0. The van der Waals surface area contributed by atoms with Crippen molar-refractivity contribution >= 4 is 0 Å².